The Morgan fingerprint density at radius 2 is 2.06 bits per heavy atom. The van der Waals surface area contributed by atoms with E-state index in [1.165, 1.54) is 18.5 Å². The summed E-state index contributed by atoms with van der Waals surface area (Å²) in [6, 6.07) is 2.87. The van der Waals surface area contributed by atoms with Gasteiger partial charge in [0.2, 0.25) is 0 Å². The lowest BCUT2D eigenvalue weighted by molar-refractivity contribution is -0.136. The average molecular weight is 220 g/mol. The highest BCUT2D eigenvalue weighted by atomic mass is 16.4. The Morgan fingerprint density at radius 1 is 1.31 bits per heavy atom. The van der Waals surface area contributed by atoms with Crippen molar-refractivity contribution in [3.05, 3.63) is 29.6 Å². The number of imidazole rings is 1. The normalized spacial score (nSPS) is 10.5. The number of hydrogen-bond acceptors (Lipinski definition) is 3. The van der Waals surface area contributed by atoms with Gasteiger partial charge in [-0.05, 0) is 17.7 Å². The fourth-order valence-electron chi connectivity index (χ4n) is 1.54. The molecule has 0 saturated heterocycles. The van der Waals surface area contributed by atoms with Crippen LogP contribution in [-0.4, -0.2) is 32.1 Å². The van der Waals surface area contributed by atoms with Crippen LogP contribution in [0.25, 0.3) is 11.0 Å². The molecule has 0 atom stereocenters. The summed E-state index contributed by atoms with van der Waals surface area (Å²) in [5.74, 6) is -2.22. The number of benzene rings is 1. The number of aliphatic carboxylic acids is 1. The topological polar surface area (TPSA) is 103 Å². The van der Waals surface area contributed by atoms with Gasteiger partial charge in [-0.15, -0.1) is 0 Å². The summed E-state index contributed by atoms with van der Waals surface area (Å²) >= 11 is 0. The maximum atomic E-state index is 10.9. The Bertz CT molecular complexity index is 573. The molecule has 6 nitrogen and oxygen atoms in total. The minimum Gasteiger partial charge on any atom is -0.481 e. The van der Waals surface area contributed by atoms with Crippen molar-refractivity contribution in [3.8, 4) is 0 Å². The van der Waals surface area contributed by atoms with Gasteiger partial charge in [-0.1, -0.05) is 0 Å². The molecule has 0 amide bonds. The molecule has 0 fully saturated rings. The number of aromatic carboxylic acids is 1. The number of aromatic nitrogens is 2. The van der Waals surface area contributed by atoms with Crippen molar-refractivity contribution in [3.63, 3.8) is 0 Å². The van der Waals surface area contributed by atoms with Crippen LogP contribution in [0.1, 0.15) is 15.9 Å². The second-order valence-corrected chi connectivity index (χ2v) is 3.30. The fourth-order valence-corrected chi connectivity index (χ4v) is 1.54. The molecule has 1 aromatic carbocycles. The average Bonchev–Trinajstić information content (AvgIpc) is 2.62. The lowest BCUT2D eigenvalue weighted by Gasteiger charge is -2.03. The van der Waals surface area contributed by atoms with Gasteiger partial charge in [-0.25, -0.2) is 9.78 Å². The van der Waals surface area contributed by atoms with Gasteiger partial charge in [0, 0.05) is 0 Å². The predicted octanol–water partition coefficient (Wildman–Crippen LogP) is 0.888. The number of H-pyrrole nitrogens is 1. The Balaban J connectivity index is 2.62. The minimum absolute atomic E-state index is 0.0259. The van der Waals surface area contributed by atoms with E-state index in [-0.39, 0.29) is 17.5 Å². The van der Waals surface area contributed by atoms with Gasteiger partial charge in [0.15, 0.2) is 0 Å². The summed E-state index contributed by atoms with van der Waals surface area (Å²) in [5, 5.41) is 17.6. The number of carbonyl (C=O) groups is 2. The van der Waals surface area contributed by atoms with E-state index in [0.29, 0.717) is 11.0 Å². The summed E-state index contributed by atoms with van der Waals surface area (Å²) in [6.45, 7) is 0. The van der Waals surface area contributed by atoms with Crippen molar-refractivity contribution in [2.75, 3.05) is 0 Å². The van der Waals surface area contributed by atoms with Crippen LogP contribution in [0.3, 0.4) is 0 Å². The number of aromatic amines is 1. The lowest BCUT2D eigenvalue weighted by atomic mass is 10.0. The number of fused-ring (bicyclic) bond motifs is 1. The number of rotatable bonds is 3. The summed E-state index contributed by atoms with van der Waals surface area (Å²) < 4.78 is 0. The molecule has 0 unspecified atom stereocenters. The zero-order valence-electron chi connectivity index (χ0n) is 8.10. The van der Waals surface area contributed by atoms with Crippen LogP contribution < -0.4 is 0 Å². The molecule has 82 valence electrons. The van der Waals surface area contributed by atoms with Crippen LogP contribution >= 0.6 is 0 Å². The predicted molar refractivity (Wildman–Crippen MR) is 54.4 cm³/mol. The molecule has 0 aliphatic rings. The largest absolute Gasteiger partial charge is 0.481 e. The standard InChI is InChI=1S/C10H8N2O4/c13-9(14)2-5-1-7-8(12-4-11-7)3-6(5)10(15)16/h1,3-4H,2H2,(H,11,12)(H,13,14)(H,15,16). The first-order valence-corrected chi connectivity index (χ1v) is 4.49. The third kappa shape index (κ3) is 1.72. The second kappa shape index (κ2) is 3.65. The smallest absolute Gasteiger partial charge is 0.336 e. The van der Waals surface area contributed by atoms with Crippen LogP contribution in [0, 0.1) is 0 Å². The van der Waals surface area contributed by atoms with Crippen LogP contribution in [0.4, 0.5) is 0 Å². The Hall–Kier alpha value is -2.37. The van der Waals surface area contributed by atoms with E-state index in [2.05, 4.69) is 9.97 Å². The van der Waals surface area contributed by atoms with E-state index >= 15 is 0 Å². The van der Waals surface area contributed by atoms with Crippen LogP contribution in [0.2, 0.25) is 0 Å². The van der Waals surface area contributed by atoms with E-state index < -0.39 is 11.9 Å². The first-order valence-electron chi connectivity index (χ1n) is 4.49. The number of nitrogens with zero attached hydrogens (tertiary/aromatic N) is 1. The highest BCUT2D eigenvalue weighted by molar-refractivity contribution is 5.95. The number of carboxylic acids is 2. The first kappa shape index (κ1) is 10.2. The highest BCUT2D eigenvalue weighted by Gasteiger charge is 2.14. The first-order chi connectivity index (χ1) is 7.58. The molecule has 2 rings (SSSR count). The van der Waals surface area contributed by atoms with E-state index in [1.54, 1.807) is 0 Å². The zero-order chi connectivity index (χ0) is 11.7. The summed E-state index contributed by atoms with van der Waals surface area (Å²) in [6.07, 6.45) is 1.11. The maximum absolute atomic E-state index is 10.9. The quantitative estimate of drug-likeness (QED) is 0.712. The van der Waals surface area contributed by atoms with E-state index in [9.17, 15) is 9.59 Å². The Kier molecular flexibility index (Phi) is 2.32. The minimum atomic E-state index is -1.15. The van der Waals surface area contributed by atoms with Gasteiger partial charge in [-0.2, -0.15) is 0 Å². The molecular formula is C10H8N2O4. The molecule has 16 heavy (non-hydrogen) atoms. The monoisotopic (exact) mass is 220 g/mol. The highest BCUT2D eigenvalue weighted by Crippen LogP contribution is 2.18. The number of hydrogen-bond donors (Lipinski definition) is 3. The molecule has 0 aliphatic carbocycles. The molecule has 1 heterocycles. The van der Waals surface area contributed by atoms with E-state index in [1.807, 2.05) is 0 Å². The van der Waals surface area contributed by atoms with Gasteiger partial charge in [0.1, 0.15) is 0 Å². The summed E-state index contributed by atoms with van der Waals surface area (Å²) in [7, 11) is 0. The van der Waals surface area contributed by atoms with Crippen molar-refractivity contribution >= 4 is 23.0 Å². The molecule has 0 radical (unpaired) electrons. The van der Waals surface area contributed by atoms with Gasteiger partial charge in [0.05, 0.1) is 29.3 Å². The molecule has 0 saturated carbocycles. The van der Waals surface area contributed by atoms with E-state index in [4.69, 9.17) is 10.2 Å². The van der Waals surface area contributed by atoms with Gasteiger partial charge in [0.25, 0.3) is 0 Å². The molecular weight excluding hydrogens is 212 g/mol. The van der Waals surface area contributed by atoms with Crippen molar-refractivity contribution in [2.45, 2.75) is 6.42 Å². The molecule has 0 spiro atoms. The second-order valence-electron chi connectivity index (χ2n) is 3.30. The zero-order valence-corrected chi connectivity index (χ0v) is 8.10. The third-order valence-electron chi connectivity index (χ3n) is 2.22. The Labute approximate surface area is 89.5 Å². The number of carboxylic acid groups (broad SMARTS) is 2. The van der Waals surface area contributed by atoms with Gasteiger partial charge in [-0.3, -0.25) is 4.79 Å². The van der Waals surface area contributed by atoms with Crippen molar-refractivity contribution in [1.82, 2.24) is 9.97 Å². The summed E-state index contributed by atoms with van der Waals surface area (Å²) in [5.41, 5.74) is 1.37. The lowest BCUT2D eigenvalue weighted by Crippen LogP contribution is -2.07. The van der Waals surface area contributed by atoms with Gasteiger partial charge < -0.3 is 15.2 Å². The van der Waals surface area contributed by atoms with Crippen LogP contribution in [-0.2, 0) is 11.2 Å². The Morgan fingerprint density at radius 3 is 2.69 bits per heavy atom. The van der Waals surface area contributed by atoms with Crippen molar-refractivity contribution in [1.29, 1.82) is 0 Å². The van der Waals surface area contributed by atoms with Gasteiger partial charge >= 0.3 is 11.9 Å². The fraction of sp³-hybridized carbons (Fsp3) is 0.100. The maximum Gasteiger partial charge on any atom is 0.336 e. The van der Waals surface area contributed by atoms with Crippen molar-refractivity contribution < 1.29 is 19.8 Å². The molecule has 0 aliphatic heterocycles. The molecule has 3 N–H and O–H groups in total. The molecule has 1 aromatic heterocycles. The van der Waals surface area contributed by atoms with Crippen molar-refractivity contribution in [2.24, 2.45) is 0 Å². The van der Waals surface area contributed by atoms with E-state index in [0.717, 1.165) is 0 Å². The molecule has 6 heteroatoms. The number of nitrogens with one attached hydrogen (secondary N) is 1. The van der Waals surface area contributed by atoms with Crippen LogP contribution in [0.5, 0.6) is 0 Å². The SMILES string of the molecule is O=C(O)Cc1cc2[nH]cnc2cc1C(=O)O. The van der Waals surface area contributed by atoms with Crippen LogP contribution in [0.15, 0.2) is 18.5 Å². The summed E-state index contributed by atoms with van der Waals surface area (Å²) in [4.78, 5) is 28.3. The molecule has 2 aromatic rings. The molecule has 0 bridgehead atoms. The third-order valence-corrected chi connectivity index (χ3v) is 2.22.